The van der Waals surface area contributed by atoms with E-state index in [1.54, 1.807) is 4.52 Å². The summed E-state index contributed by atoms with van der Waals surface area (Å²) in [7, 11) is 4.11. The predicted molar refractivity (Wildman–Crippen MR) is 175 cm³/mol. The van der Waals surface area contributed by atoms with E-state index in [-0.39, 0.29) is 6.42 Å². The molecule has 0 spiro atoms. The summed E-state index contributed by atoms with van der Waals surface area (Å²) in [6.07, 6.45) is 3.16. The number of hydrogen-bond acceptors (Lipinski definition) is 9. The smallest absolute Gasteiger partial charge is 0.307 e. The van der Waals surface area contributed by atoms with Gasteiger partial charge in [0.2, 0.25) is 5.65 Å². The highest BCUT2D eigenvalue weighted by molar-refractivity contribution is 6.31. The Balaban J connectivity index is 0.000000162. The van der Waals surface area contributed by atoms with Gasteiger partial charge in [0.05, 0.1) is 17.5 Å². The van der Waals surface area contributed by atoms with Crippen molar-refractivity contribution in [2.75, 3.05) is 51.7 Å². The first-order valence-electron chi connectivity index (χ1n) is 14.9. The first kappa shape index (κ1) is 30.4. The van der Waals surface area contributed by atoms with E-state index >= 15 is 0 Å². The van der Waals surface area contributed by atoms with Gasteiger partial charge in [0.15, 0.2) is 5.82 Å². The van der Waals surface area contributed by atoms with Crippen LogP contribution < -0.4 is 15.0 Å². The number of aliphatic carboxylic acids is 1. The van der Waals surface area contributed by atoms with Gasteiger partial charge >= 0.3 is 5.97 Å². The lowest BCUT2D eigenvalue weighted by Gasteiger charge is -2.28. The van der Waals surface area contributed by atoms with E-state index in [4.69, 9.17) is 26.4 Å². The minimum Gasteiger partial charge on any atom is -0.488 e. The van der Waals surface area contributed by atoms with Gasteiger partial charge in [-0.3, -0.25) is 4.79 Å². The number of ether oxygens (including phenoxy) is 1. The summed E-state index contributed by atoms with van der Waals surface area (Å²) in [6.45, 7) is 5.15. The van der Waals surface area contributed by atoms with Crippen LogP contribution in [0, 0.1) is 0 Å². The fraction of sp³-hybridized carbons (Fsp3) is 0.303. The molecule has 45 heavy (non-hydrogen) atoms. The number of piperazine rings is 1. The number of benzene rings is 3. The second kappa shape index (κ2) is 13.6. The van der Waals surface area contributed by atoms with E-state index in [1.807, 2.05) is 48.5 Å². The third-order valence-corrected chi connectivity index (χ3v) is 8.02. The molecule has 12 heteroatoms. The number of anilines is 1. The molecule has 232 valence electrons. The molecule has 0 aliphatic carbocycles. The number of fused-ring (bicyclic) bond motifs is 5. The second-order valence-corrected chi connectivity index (χ2v) is 11.7. The first-order chi connectivity index (χ1) is 21.9. The number of carbonyl (C=O) groups is 1. The molecular formula is C33H35ClN8O3. The van der Waals surface area contributed by atoms with E-state index in [1.165, 1.54) is 0 Å². The zero-order valence-corrected chi connectivity index (χ0v) is 26.0. The maximum absolute atomic E-state index is 11.1. The molecule has 2 aliphatic heterocycles. The highest BCUT2D eigenvalue weighted by atomic mass is 35.5. The number of halogens is 1. The molecule has 11 nitrogen and oxygen atoms in total. The average Bonchev–Trinajstić information content (AvgIpc) is 3.48. The van der Waals surface area contributed by atoms with Crippen LogP contribution in [-0.4, -0.2) is 87.8 Å². The number of rotatable bonds is 6. The SMILES string of the molecule is CN(C)CC/C=C1/c2ccccc2COc2ccc(CC(=O)O)cc21.Clc1ccc2nc(N3CCNCC3)c3nnnn3c2c1. The van der Waals surface area contributed by atoms with Crippen molar-refractivity contribution < 1.29 is 14.6 Å². The van der Waals surface area contributed by atoms with E-state index < -0.39 is 5.97 Å². The lowest BCUT2D eigenvalue weighted by Crippen LogP contribution is -2.44. The lowest BCUT2D eigenvalue weighted by atomic mass is 9.92. The van der Waals surface area contributed by atoms with Crippen molar-refractivity contribution in [1.82, 2.24) is 35.2 Å². The van der Waals surface area contributed by atoms with Gasteiger partial charge in [-0.25, -0.2) is 4.98 Å². The largest absolute Gasteiger partial charge is 0.488 e. The third-order valence-electron chi connectivity index (χ3n) is 7.78. The number of tetrazole rings is 1. The molecule has 1 saturated heterocycles. The second-order valence-electron chi connectivity index (χ2n) is 11.3. The maximum Gasteiger partial charge on any atom is 0.307 e. The van der Waals surface area contributed by atoms with Crippen molar-refractivity contribution in [2.45, 2.75) is 19.4 Å². The highest BCUT2D eigenvalue weighted by Gasteiger charge is 2.21. The monoisotopic (exact) mass is 626 g/mol. The quantitative estimate of drug-likeness (QED) is 0.282. The molecule has 1 fully saturated rings. The van der Waals surface area contributed by atoms with E-state index in [0.29, 0.717) is 17.3 Å². The summed E-state index contributed by atoms with van der Waals surface area (Å²) in [6, 6.07) is 19.5. The molecule has 0 amide bonds. The molecule has 2 N–H and O–H groups in total. The van der Waals surface area contributed by atoms with Crippen LogP contribution >= 0.6 is 11.6 Å². The van der Waals surface area contributed by atoms with Crippen molar-refractivity contribution in [2.24, 2.45) is 0 Å². The van der Waals surface area contributed by atoms with E-state index in [0.717, 1.165) is 89.6 Å². The molecule has 2 aromatic heterocycles. The molecule has 4 heterocycles. The summed E-state index contributed by atoms with van der Waals surface area (Å²) in [5.41, 5.74) is 7.51. The molecule has 0 saturated carbocycles. The van der Waals surface area contributed by atoms with Crippen LogP contribution in [0.4, 0.5) is 5.82 Å². The molecule has 2 aliphatic rings. The van der Waals surface area contributed by atoms with Crippen LogP contribution in [0.1, 0.15) is 28.7 Å². The van der Waals surface area contributed by atoms with Crippen LogP contribution in [0.25, 0.3) is 22.3 Å². The van der Waals surface area contributed by atoms with Crippen molar-refractivity contribution in [3.8, 4) is 5.75 Å². The summed E-state index contributed by atoms with van der Waals surface area (Å²) in [4.78, 5) is 20.2. The standard InChI is InChI=1S/C21H23NO3.C12H12ClN7/c1-22(2)11-5-8-18-17-7-4-3-6-16(17)14-25-20-10-9-15(12-19(18)20)13-21(23)24;13-8-1-2-9-10(7-8)20-12(16-17-18-20)11(15-9)19-5-3-14-4-6-19/h3-4,6-10,12H,5,11,13-14H2,1-2H3,(H,23,24);1-2,7,14H,3-6H2/b18-8-;. The lowest BCUT2D eigenvalue weighted by molar-refractivity contribution is -0.136. The van der Waals surface area contributed by atoms with Crippen molar-refractivity contribution in [3.63, 3.8) is 0 Å². The van der Waals surface area contributed by atoms with Gasteiger partial charge in [0, 0.05) is 43.3 Å². The minimum atomic E-state index is -0.826. The summed E-state index contributed by atoms with van der Waals surface area (Å²) in [5, 5.41) is 25.0. The number of carboxylic acid groups (broad SMARTS) is 1. The Hall–Kier alpha value is -4.58. The normalized spacial score (nSPS) is 15.3. The van der Waals surface area contributed by atoms with Crippen LogP contribution in [0.15, 0.2) is 66.7 Å². The summed E-state index contributed by atoms with van der Waals surface area (Å²) < 4.78 is 7.69. The fourth-order valence-electron chi connectivity index (χ4n) is 5.60. The molecular weight excluding hydrogens is 592 g/mol. The van der Waals surface area contributed by atoms with Crippen molar-refractivity contribution >= 4 is 45.6 Å². The first-order valence-corrected chi connectivity index (χ1v) is 15.3. The molecule has 0 unspecified atom stereocenters. The Morgan fingerprint density at radius 1 is 1.09 bits per heavy atom. The van der Waals surface area contributed by atoms with Crippen LogP contribution in [0.2, 0.25) is 5.02 Å². The Bertz CT molecular complexity index is 1870. The fourth-order valence-corrected chi connectivity index (χ4v) is 5.76. The van der Waals surface area contributed by atoms with Gasteiger partial charge in [0.25, 0.3) is 0 Å². The van der Waals surface area contributed by atoms with Crippen LogP contribution in [0.5, 0.6) is 5.75 Å². The maximum atomic E-state index is 11.1. The average molecular weight is 627 g/mol. The van der Waals surface area contributed by atoms with Crippen LogP contribution in [-0.2, 0) is 17.8 Å². The topological polar surface area (TPSA) is 121 Å². The van der Waals surface area contributed by atoms with Crippen molar-refractivity contribution in [3.05, 3.63) is 94.0 Å². The Kier molecular flexibility index (Phi) is 9.20. The Labute approximate surface area is 266 Å². The van der Waals surface area contributed by atoms with Crippen molar-refractivity contribution in [1.29, 1.82) is 0 Å². The van der Waals surface area contributed by atoms with Gasteiger partial charge in [-0.15, -0.1) is 5.10 Å². The molecule has 0 radical (unpaired) electrons. The summed E-state index contributed by atoms with van der Waals surface area (Å²) >= 11 is 6.05. The Morgan fingerprint density at radius 2 is 1.91 bits per heavy atom. The molecule has 7 rings (SSSR count). The zero-order chi connectivity index (χ0) is 31.3. The number of hydrogen-bond donors (Lipinski definition) is 2. The van der Waals surface area contributed by atoms with Gasteiger partial charge in [-0.2, -0.15) is 4.52 Å². The number of nitrogens with one attached hydrogen (secondary N) is 1. The number of aromatic nitrogens is 5. The van der Waals surface area contributed by atoms with Gasteiger partial charge < -0.3 is 25.0 Å². The zero-order valence-electron chi connectivity index (χ0n) is 25.3. The minimum absolute atomic E-state index is 0.0138. The predicted octanol–water partition coefficient (Wildman–Crippen LogP) is 4.33. The Morgan fingerprint density at radius 3 is 2.71 bits per heavy atom. The van der Waals surface area contributed by atoms with Gasteiger partial charge in [0.1, 0.15) is 12.4 Å². The third kappa shape index (κ3) is 6.90. The number of carboxylic acids is 1. The molecule has 0 bridgehead atoms. The summed E-state index contributed by atoms with van der Waals surface area (Å²) in [5.74, 6) is 0.806. The molecule has 5 aromatic rings. The van der Waals surface area contributed by atoms with Gasteiger partial charge in [-0.1, -0.05) is 48.0 Å². The van der Waals surface area contributed by atoms with E-state index in [9.17, 15) is 4.79 Å². The van der Waals surface area contributed by atoms with Gasteiger partial charge in [-0.05, 0) is 83.5 Å². The van der Waals surface area contributed by atoms with E-state index in [2.05, 4.69) is 62.9 Å². The highest BCUT2D eigenvalue weighted by Crippen LogP contribution is 2.37. The number of nitrogens with zero attached hydrogens (tertiary/aromatic N) is 7. The molecule has 0 atom stereocenters. The molecule has 3 aromatic carbocycles. The van der Waals surface area contributed by atoms with Crippen LogP contribution in [0.3, 0.4) is 0 Å².